The molecular weight excluding hydrogens is 328 g/mol. The monoisotopic (exact) mass is 354 g/mol. The number of allylic oxidation sites excluding steroid dienone is 1. The Morgan fingerprint density at radius 3 is 2.23 bits per heavy atom. The number of hydrogen-bond acceptors (Lipinski definition) is 5. The average molecular weight is 354 g/mol. The molecule has 0 aliphatic carbocycles. The van der Waals surface area contributed by atoms with Crippen molar-refractivity contribution in [2.45, 2.75) is 20.4 Å². The lowest BCUT2D eigenvalue weighted by Crippen LogP contribution is -2.13. The van der Waals surface area contributed by atoms with Crippen LogP contribution in [0.3, 0.4) is 0 Å². The largest absolute Gasteiger partial charge is 0.496 e. The van der Waals surface area contributed by atoms with Crippen molar-refractivity contribution in [3.05, 3.63) is 58.9 Å². The van der Waals surface area contributed by atoms with Crippen LogP contribution in [0.5, 0.6) is 11.5 Å². The van der Waals surface area contributed by atoms with Gasteiger partial charge in [-0.1, -0.05) is 6.08 Å². The van der Waals surface area contributed by atoms with Crippen LogP contribution in [0.2, 0.25) is 0 Å². The number of nitrogens with zero attached hydrogens (tertiary/aromatic N) is 2. The molecule has 0 unspecified atom stereocenters. The smallest absolute Gasteiger partial charge is 0.160 e. The van der Waals surface area contributed by atoms with Crippen LogP contribution in [-0.4, -0.2) is 44.0 Å². The second-order valence-corrected chi connectivity index (χ2v) is 6.28. The standard InChI is InChI=1S/C21H26N2O3/c1-7-16(18-12-22-9-8-17(18)14(2)24)15-10-20(25-5)19(13-23(3)4)21(11-15)26-6/h7-12H,13H2,1-6H3/b16-7-. The number of methoxy groups -OCH3 is 2. The highest BCUT2D eigenvalue weighted by atomic mass is 16.5. The summed E-state index contributed by atoms with van der Waals surface area (Å²) in [4.78, 5) is 18.3. The molecule has 0 saturated heterocycles. The van der Waals surface area contributed by atoms with E-state index in [1.165, 1.54) is 0 Å². The van der Waals surface area contributed by atoms with Crippen molar-refractivity contribution in [3.63, 3.8) is 0 Å². The zero-order valence-electron chi connectivity index (χ0n) is 16.3. The van der Waals surface area contributed by atoms with Crippen LogP contribution < -0.4 is 9.47 Å². The van der Waals surface area contributed by atoms with Gasteiger partial charge in [0.05, 0.1) is 19.8 Å². The molecule has 0 spiro atoms. The van der Waals surface area contributed by atoms with Crippen molar-refractivity contribution >= 4 is 11.4 Å². The average Bonchev–Trinajstić information content (AvgIpc) is 2.62. The van der Waals surface area contributed by atoms with E-state index in [-0.39, 0.29) is 5.78 Å². The highest BCUT2D eigenvalue weighted by molar-refractivity contribution is 6.00. The summed E-state index contributed by atoms with van der Waals surface area (Å²) in [5, 5.41) is 0. The Hall–Kier alpha value is -2.66. The van der Waals surface area contributed by atoms with E-state index >= 15 is 0 Å². The maximum absolute atomic E-state index is 12.0. The molecule has 2 rings (SSSR count). The molecule has 0 fully saturated rings. The fraction of sp³-hybridized carbons (Fsp3) is 0.333. The first-order valence-corrected chi connectivity index (χ1v) is 8.44. The number of ketones is 1. The van der Waals surface area contributed by atoms with Gasteiger partial charge in [0.25, 0.3) is 0 Å². The number of carbonyl (C=O) groups is 1. The molecule has 138 valence electrons. The fourth-order valence-corrected chi connectivity index (χ4v) is 3.01. The van der Waals surface area contributed by atoms with E-state index in [2.05, 4.69) is 9.88 Å². The molecule has 0 aliphatic rings. The second-order valence-electron chi connectivity index (χ2n) is 6.28. The molecule has 0 aliphatic heterocycles. The third-order valence-electron chi connectivity index (χ3n) is 4.17. The Morgan fingerprint density at radius 2 is 1.77 bits per heavy atom. The molecule has 26 heavy (non-hydrogen) atoms. The highest BCUT2D eigenvalue weighted by Crippen LogP contribution is 2.36. The van der Waals surface area contributed by atoms with Gasteiger partial charge in [0, 0.05) is 30.1 Å². The van der Waals surface area contributed by atoms with Crippen molar-refractivity contribution in [2.24, 2.45) is 0 Å². The number of aromatic nitrogens is 1. The maximum Gasteiger partial charge on any atom is 0.160 e. The predicted octanol–water partition coefficient (Wildman–Crippen LogP) is 3.81. The fourth-order valence-electron chi connectivity index (χ4n) is 3.01. The minimum absolute atomic E-state index is 0.00454. The number of hydrogen-bond donors (Lipinski definition) is 0. The molecule has 1 aromatic heterocycles. The Balaban J connectivity index is 2.65. The van der Waals surface area contributed by atoms with Gasteiger partial charge in [0.15, 0.2) is 5.78 Å². The van der Waals surface area contributed by atoms with Crippen LogP contribution in [0, 0.1) is 0 Å². The minimum atomic E-state index is 0.00454. The third kappa shape index (κ3) is 4.11. The van der Waals surface area contributed by atoms with E-state index in [0.717, 1.165) is 33.8 Å². The molecule has 0 amide bonds. The van der Waals surface area contributed by atoms with Gasteiger partial charge in [0.1, 0.15) is 11.5 Å². The molecule has 5 heteroatoms. The van der Waals surface area contributed by atoms with Crippen LogP contribution in [0.25, 0.3) is 5.57 Å². The molecule has 0 saturated carbocycles. The van der Waals surface area contributed by atoms with Crippen molar-refractivity contribution in [1.29, 1.82) is 0 Å². The van der Waals surface area contributed by atoms with Crippen molar-refractivity contribution < 1.29 is 14.3 Å². The van der Waals surface area contributed by atoms with Crippen molar-refractivity contribution in [1.82, 2.24) is 9.88 Å². The van der Waals surface area contributed by atoms with Gasteiger partial charge in [-0.2, -0.15) is 0 Å². The van der Waals surface area contributed by atoms with E-state index in [4.69, 9.17) is 9.47 Å². The lowest BCUT2D eigenvalue weighted by molar-refractivity contribution is 0.101. The predicted molar refractivity (Wildman–Crippen MR) is 104 cm³/mol. The molecule has 2 aromatic rings. The number of ether oxygens (including phenoxy) is 2. The summed E-state index contributed by atoms with van der Waals surface area (Å²) < 4.78 is 11.2. The number of Topliss-reactive ketones (excluding diaryl/α,β-unsaturated/α-hetero) is 1. The van der Waals surface area contributed by atoms with Gasteiger partial charge >= 0.3 is 0 Å². The number of pyridine rings is 1. The molecule has 0 radical (unpaired) electrons. The van der Waals surface area contributed by atoms with Crippen molar-refractivity contribution in [2.75, 3.05) is 28.3 Å². The molecule has 0 atom stereocenters. The Kier molecular flexibility index (Phi) is 6.52. The van der Waals surface area contributed by atoms with Crippen LogP contribution in [0.4, 0.5) is 0 Å². The summed E-state index contributed by atoms with van der Waals surface area (Å²) in [5.74, 6) is 1.51. The Labute approximate surface area is 155 Å². The zero-order chi connectivity index (χ0) is 19.3. The van der Waals surface area contributed by atoms with Crippen LogP contribution in [0.15, 0.2) is 36.7 Å². The van der Waals surface area contributed by atoms with E-state index in [9.17, 15) is 4.79 Å². The summed E-state index contributed by atoms with van der Waals surface area (Å²) in [7, 11) is 7.30. The number of rotatable bonds is 7. The van der Waals surface area contributed by atoms with Crippen molar-refractivity contribution in [3.8, 4) is 11.5 Å². The Morgan fingerprint density at radius 1 is 1.15 bits per heavy atom. The summed E-state index contributed by atoms with van der Waals surface area (Å²) >= 11 is 0. The summed E-state index contributed by atoms with van der Waals surface area (Å²) in [6.07, 6.45) is 5.33. The molecular formula is C21H26N2O3. The third-order valence-corrected chi connectivity index (χ3v) is 4.17. The van der Waals surface area contributed by atoms with E-state index in [0.29, 0.717) is 12.1 Å². The quantitative estimate of drug-likeness (QED) is 0.708. The first-order valence-electron chi connectivity index (χ1n) is 8.44. The van der Waals surface area contributed by atoms with E-state index < -0.39 is 0 Å². The summed E-state index contributed by atoms with van der Waals surface area (Å²) in [5.41, 5.74) is 4.25. The molecule has 0 N–H and O–H groups in total. The van der Waals surface area contributed by atoms with Gasteiger partial charge in [-0.15, -0.1) is 0 Å². The molecule has 1 aromatic carbocycles. The van der Waals surface area contributed by atoms with Gasteiger partial charge in [-0.3, -0.25) is 9.78 Å². The first kappa shape index (κ1) is 19.7. The maximum atomic E-state index is 12.0. The number of benzene rings is 1. The topological polar surface area (TPSA) is 51.7 Å². The number of carbonyl (C=O) groups excluding carboxylic acids is 1. The summed E-state index contributed by atoms with van der Waals surface area (Å²) in [6, 6.07) is 5.71. The van der Waals surface area contributed by atoms with Gasteiger partial charge < -0.3 is 14.4 Å². The van der Waals surface area contributed by atoms with E-state index in [1.807, 2.05) is 39.2 Å². The molecule has 5 nitrogen and oxygen atoms in total. The SMILES string of the molecule is C/C=C(/c1cc(OC)c(CN(C)C)c(OC)c1)c1cnccc1C(C)=O. The molecule has 0 bridgehead atoms. The summed E-state index contributed by atoms with van der Waals surface area (Å²) in [6.45, 7) is 4.20. The van der Waals surface area contributed by atoms with Gasteiger partial charge in [-0.05, 0) is 57.3 Å². The van der Waals surface area contributed by atoms with Crippen LogP contribution in [-0.2, 0) is 6.54 Å². The zero-order valence-corrected chi connectivity index (χ0v) is 16.3. The first-order chi connectivity index (χ1) is 12.4. The van der Waals surface area contributed by atoms with Crippen LogP contribution in [0.1, 0.15) is 40.9 Å². The molecule has 1 heterocycles. The van der Waals surface area contributed by atoms with E-state index in [1.54, 1.807) is 39.6 Å². The van der Waals surface area contributed by atoms with Crippen LogP contribution >= 0.6 is 0 Å². The highest BCUT2D eigenvalue weighted by Gasteiger charge is 2.18. The lowest BCUT2D eigenvalue weighted by Gasteiger charge is -2.20. The second kappa shape index (κ2) is 8.63. The lowest BCUT2D eigenvalue weighted by atomic mass is 9.92. The normalized spacial score (nSPS) is 11.6. The van der Waals surface area contributed by atoms with Gasteiger partial charge in [-0.25, -0.2) is 0 Å². The minimum Gasteiger partial charge on any atom is -0.496 e. The van der Waals surface area contributed by atoms with Gasteiger partial charge in [0.2, 0.25) is 0 Å². The Bertz CT molecular complexity index is 801.